The Labute approximate surface area is 119 Å². The quantitative estimate of drug-likeness (QED) is 0.666. The van der Waals surface area contributed by atoms with E-state index in [1.807, 2.05) is 0 Å². The maximum absolute atomic E-state index is 14.1. The van der Waals surface area contributed by atoms with Gasteiger partial charge in [-0.05, 0) is 19.9 Å². The molecule has 1 aliphatic rings. The number of hydrogen-bond donors (Lipinski definition) is 1. The maximum Gasteiger partial charge on any atom is 0.305 e. The Morgan fingerprint density at radius 3 is 2.67 bits per heavy atom. The zero-order valence-corrected chi connectivity index (χ0v) is 11.7. The Morgan fingerprint density at radius 1 is 1.43 bits per heavy atom. The molecule has 0 saturated carbocycles. The van der Waals surface area contributed by atoms with Crippen LogP contribution >= 0.6 is 0 Å². The third-order valence-electron chi connectivity index (χ3n) is 3.53. The standard InChI is InChI=1S/C13H15F2N3O3/c1-13(2)7-16-5-6-17(13)12(19)10-8(14)3-4-9(11(10)15)18(20)21/h3-4,16H,5-7H2,1-2H3. The SMILES string of the molecule is CC1(C)CNCCN1C(=O)c1c(F)ccc([N+](=O)[O-])c1F. The van der Waals surface area contributed by atoms with Gasteiger partial charge in [0.25, 0.3) is 5.91 Å². The molecule has 0 bridgehead atoms. The first-order valence-electron chi connectivity index (χ1n) is 6.41. The molecule has 8 heteroatoms. The molecule has 1 aliphatic heterocycles. The molecule has 0 atom stereocenters. The Bertz CT molecular complexity index is 605. The molecule has 0 aliphatic carbocycles. The second-order valence-electron chi connectivity index (χ2n) is 5.46. The summed E-state index contributed by atoms with van der Waals surface area (Å²) in [6.45, 7) is 4.74. The zero-order chi connectivity index (χ0) is 15.8. The first kappa shape index (κ1) is 15.3. The van der Waals surface area contributed by atoms with Crippen LogP contribution in [0.25, 0.3) is 0 Å². The Morgan fingerprint density at radius 2 is 2.10 bits per heavy atom. The first-order chi connectivity index (χ1) is 9.75. The predicted molar refractivity (Wildman–Crippen MR) is 71.0 cm³/mol. The number of piperazine rings is 1. The van der Waals surface area contributed by atoms with Crippen LogP contribution in [0, 0.1) is 21.7 Å². The van der Waals surface area contributed by atoms with Crippen LogP contribution in [0.1, 0.15) is 24.2 Å². The number of nitrogens with zero attached hydrogens (tertiary/aromatic N) is 2. The van der Waals surface area contributed by atoms with E-state index in [0.717, 1.165) is 6.07 Å². The van der Waals surface area contributed by atoms with Gasteiger partial charge in [-0.2, -0.15) is 4.39 Å². The number of amides is 1. The van der Waals surface area contributed by atoms with Gasteiger partial charge >= 0.3 is 5.69 Å². The number of rotatable bonds is 2. The number of hydrogen-bond acceptors (Lipinski definition) is 4. The molecule has 114 valence electrons. The summed E-state index contributed by atoms with van der Waals surface area (Å²) in [5.74, 6) is -3.41. The van der Waals surface area contributed by atoms with Crippen LogP contribution in [0.4, 0.5) is 14.5 Å². The predicted octanol–water partition coefficient (Wildman–Crippen LogP) is 1.70. The van der Waals surface area contributed by atoms with Crippen LogP contribution < -0.4 is 5.32 Å². The molecule has 1 N–H and O–H groups in total. The Hall–Kier alpha value is -2.09. The maximum atomic E-state index is 14.1. The van der Waals surface area contributed by atoms with Gasteiger partial charge in [0.1, 0.15) is 11.4 Å². The minimum atomic E-state index is -1.43. The van der Waals surface area contributed by atoms with Gasteiger partial charge < -0.3 is 10.2 Å². The van der Waals surface area contributed by atoms with Gasteiger partial charge in [-0.3, -0.25) is 14.9 Å². The van der Waals surface area contributed by atoms with Gasteiger partial charge in [-0.1, -0.05) is 0 Å². The van der Waals surface area contributed by atoms with Crippen molar-refractivity contribution in [1.29, 1.82) is 0 Å². The van der Waals surface area contributed by atoms with E-state index in [9.17, 15) is 23.7 Å². The van der Waals surface area contributed by atoms with Crippen molar-refractivity contribution in [3.05, 3.63) is 39.4 Å². The summed E-state index contributed by atoms with van der Waals surface area (Å²) in [6.07, 6.45) is 0. The molecule has 1 heterocycles. The average molecular weight is 299 g/mol. The highest BCUT2D eigenvalue weighted by Crippen LogP contribution is 2.27. The summed E-state index contributed by atoms with van der Waals surface area (Å²) in [4.78, 5) is 23.5. The lowest BCUT2D eigenvalue weighted by Gasteiger charge is -2.42. The molecule has 0 aromatic heterocycles. The van der Waals surface area contributed by atoms with E-state index in [1.165, 1.54) is 4.90 Å². The fourth-order valence-electron chi connectivity index (χ4n) is 2.37. The molecule has 1 saturated heterocycles. The molecule has 0 spiro atoms. The van der Waals surface area contributed by atoms with Gasteiger partial charge in [0.2, 0.25) is 5.82 Å². The summed E-state index contributed by atoms with van der Waals surface area (Å²) in [6, 6.07) is 1.45. The molecule has 0 unspecified atom stereocenters. The van der Waals surface area contributed by atoms with Crippen LogP contribution in [-0.4, -0.2) is 40.9 Å². The molecular formula is C13H15F2N3O3. The summed E-state index contributed by atoms with van der Waals surface area (Å²) < 4.78 is 27.9. The molecule has 21 heavy (non-hydrogen) atoms. The largest absolute Gasteiger partial charge is 0.331 e. The second-order valence-corrected chi connectivity index (χ2v) is 5.46. The molecule has 6 nitrogen and oxygen atoms in total. The zero-order valence-electron chi connectivity index (χ0n) is 11.7. The molecule has 1 amide bonds. The fourth-order valence-corrected chi connectivity index (χ4v) is 2.37. The number of nitrogens with one attached hydrogen (secondary N) is 1. The van der Waals surface area contributed by atoms with Gasteiger partial charge in [0.05, 0.1) is 10.5 Å². The highest BCUT2D eigenvalue weighted by Gasteiger charge is 2.37. The van der Waals surface area contributed by atoms with Gasteiger partial charge in [-0.25, -0.2) is 4.39 Å². The summed E-state index contributed by atoms with van der Waals surface area (Å²) >= 11 is 0. The Kier molecular flexibility index (Phi) is 3.91. The van der Waals surface area contributed by atoms with Crippen LogP contribution in [0.15, 0.2) is 12.1 Å². The van der Waals surface area contributed by atoms with Crippen molar-refractivity contribution < 1.29 is 18.5 Å². The molecule has 1 fully saturated rings. The number of nitro groups is 1. The number of carbonyl (C=O) groups is 1. The minimum Gasteiger partial charge on any atom is -0.331 e. The smallest absolute Gasteiger partial charge is 0.305 e. The van der Waals surface area contributed by atoms with E-state index < -0.39 is 39.3 Å². The van der Waals surface area contributed by atoms with E-state index in [-0.39, 0.29) is 6.54 Å². The molecule has 1 aromatic rings. The molecular weight excluding hydrogens is 284 g/mol. The first-order valence-corrected chi connectivity index (χ1v) is 6.41. The molecule has 0 radical (unpaired) electrons. The number of nitro benzene ring substituents is 1. The van der Waals surface area contributed by atoms with Crippen LogP contribution in [0.5, 0.6) is 0 Å². The van der Waals surface area contributed by atoms with Gasteiger partial charge in [0.15, 0.2) is 0 Å². The monoisotopic (exact) mass is 299 g/mol. The van der Waals surface area contributed by atoms with Crippen molar-refractivity contribution in [2.45, 2.75) is 19.4 Å². The highest BCUT2D eigenvalue weighted by atomic mass is 19.1. The van der Waals surface area contributed by atoms with Crippen molar-refractivity contribution in [1.82, 2.24) is 10.2 Å². The van der Waals surface area contributed by atoms with Gasteiger partial charge in [-0.15, -0.1) is 0 Å². The number of benzene rings is 1. The van der Waals surface area contributed by atoms with Crippen LogP contribution in [0.2, 0.25) is 0 Å². The third-order valence-corrected chi connectivity index (χ3v) is 3.53. The van der Waals surface area contributed by atoms with Gasteiger partial charge in [0, 0.05) is 25.7 Å². The second kappa shape index (κ2) is 5.36. The lowest BCUT2D eigenvalue weighted by molar-refractivity contribution is -0.387. The lowest BCUT2D eigenvalue weighted by atomic mass is 9.98. The van der Waals surface area contributed by atoms with Crippen molar-refractivity contribution in [2.24, 2.45) is 0 Å². The minimum absolute atomic E-state index is 0.271. The van der Waals surface area contributed by atoms with Crippen LogP contribution in [-0.2, 0) is 0 Å². The van der Waals surface area contributed by atoms with Crippen molar-refractivity contribution in [3.8, 4) is 0 Å². The summed E-state index contributed by atoms with van der Waals surface area (Å²) in [5.41, 5.74) is -2.43. The molecule has 1 aromatic carbocycles. The lowest BCUT2D eigenvalue weighted by Crippen LogP contribution is -2.60. The fraction of sp³-hybridized carbons (Fsp3) is 0.462. The highest BCUT2D eigenvalue weighted by molar-refractivity contribution is 5.96. The Balaban J connectivity index is 2.48. The number of carbonyl (C=O) groups excluding carboxylic acids is 1. The summed E-state index contributed by atoms with van der Waals surface area (Å²) in [7, 11) is 0. The normalized spacial score (nSPS) is 17.6. The van der Waals surface area contributed by atoms with E-state index >= 15 is 0 Å². The van der Waals surface area contributed by atoms with E-state index in [2.05, 4.69) is 5.32 Å². The van der Waals surface area contributed by atoms with E-state index in [1.54, 1.807) is 13.8 Å². The topological polar surface area (TPSA) is 75.5 Å². The van der Waals surface area contributed by atoms with E-state index in [4.69, 9.17) is 0 Å². The summed E-state index contributed by atoms with van der Waals surface area (Å²) in [5, 5.41) is 13.8. The van der Waals surface area contributed by atoms with Crippen molar-refractivity contribution in [2.75, 3.05) is 19.6 Å². The van der Waals surface area contributed by atoms with Crippen LogP contribution in [0.3, 0.4) is 0 Å². The van der Waals surface area contributed by atoms with Crippen molar-refractivity contribution >= 4 is 11.6 Å². The average Bonchev–Trinajstić information content (AvgIpc) is 2.37. The third kappa shape index (κ3) is 2.71. The van der Waals surface area contributed by atoms with E-state index in [0.29, 0.717) is 19.2 Å². The van der Waals surface area contributed by atoms with Crippen molar-refractivity contribution in [3.63, 3.8) is 0 Å². The molecule has 2 rings (SSSR count). The number of halogens is 2.